The van der Waals surface area contributed by atoms with Crippen LogP contribution in [0.1, 0.15) is 0 Å². The van der Waals surface area contributed by atoms with Crippen LogP contribution in [-0.4, -0.2) is 16.8 Å². The highest BCUT2D eigenvalue weighted by Gasteiger charge is 1.95. The van der Waals surface area contributed by atoms with E-state index in [2.05, 4.69) is 16.3 Å². The van der Waals surface area contributed by atoms with Gasteiger partial charge in [0, 0.05) is 13.1 Å². The minimum absolute atomic E-state index is 0.195. The number of hydrogen-bond donors (Lipinski definition) is 1. The van der Waals surface area contributed by atoms with Crippen LogP contribution in [-0.2, 0) is 6.54 Å². The molecular weight excluding hydrogens is 154 g/mol. The van der Waals surface area contributed by atoms with Crippen molar-refractivity contribution in [2.45, 2.75) is 6.54 Å². The second-order valence-electron chi connectivity index (χ2n) is 2.19. The zero-order chi connectivity index (χ0) is 8.97. The molecule has 0 aliphatic heterocycles. The Hall–Kier alpha value is -1.76. The largest absolute Gasteiger partial charge is 0.387 e. The number of aromatic nitrogens is 2. The van der Waals surface area contributed by atoms with Crippen molar-refractivity contribution in [2.24, 2.45) is 0 Å². The Bertz CT molecular complexity index is 361. The fourth-order valence-electron chi connectivity index (χ4n) is 0.776. The Morgan fingerprint density at radius 3 is 3.08 bits per heavy atom. The average Bonchev–Trinajstić information content (AvgIpc) is 2.09. The van der Waals surface area contributed by atoms with Gasteiger partial charge in [-0.2, -0.15) is 5.10 Å². The third-order valence-electron chi connectivity index (χ3n) is 1.40. The van der Waals surface area contributed by atoms with Gasteiger partial charge in [0.25, 0.3) is 5.56 Å². The van der Waals surface area contributed by atoms with Crippen LogP contribution in [0.25, 0.3) is 0 Å². The fraction of sp³-hybridized carbons (Fsp3) is 0.250. The van der Waals surface area contributed by atoms with E-state index in [4.69, 9.17) is 6.42 Å². The number of nitrogens with one attached hydrogen (secondary N) is 1. The van der Waals surface area contributed by atoms with Crippen LogP contribution >= 0.6 is 0 Å². The summed E-state index contributed by atoms with van der Waals surface area (Å²) in [5.74, 6) is 2.34. The third kappa shape index (κ3) is 1.64. The summed E-state index contributed by atoms with van der Waals surface area (Å²) in [5.41, 5.74) is 0.494. The molecule has 0 fully saturated rings. The van der Waals surface area contributed by atoms with Crippen molar-refractivity contribution >= 4 is 5.69 Å². The van der Waals surface area contributed by atoms with Gasteiger partial charge in [-0.05, 0) is 0 Å². The standard InChI is InChI=1S/C8H9N3O/c1-3-4-11-8(12)5-7(9-2)6-10-11/h1,5-6,9H,4H2,2H3. The maximum atomic E-state index is 11.2. The summed E-state index contributed by atoms with van der Waals surface area (Å²) in [6.45, 7) is 0.211. The van der Waals surface area contributed by atoms with Crippen molar-refractivity contribution in [3.8, 4) is 12.3 Å². The molecule has 1 N–H and O–H groups in total. The molecule has 1 aromatic rings. The highest BCUT2D eigenvalue weighted by molar-refractivity contribution is 5.37. The Morgan fingerprint density at radius 2 is 2.58 bits per heavy atom. The van der Waals surface area contributed by atoms with Crippen molar-refractivity contribution in [1.82, 2.24) is 9.78 Å². The zero-order valence-electron chi connectivity index (χ0n) is 6.74. The molecule has 12 heavy (non-hydrogen) atoms. The number of terminal acetylenes is 1. The molecule has 0 unspecified atom stereocenters. The van der Waals surface area contributed by atoms with E-state index >= 15 is 0 Å². The van der Waals surface area contributed by atoms with E-state index in [-0.39, 0.29) is 12.1 Å². The van der Waals surface area contributed by atoms with Gasteiger partial charge in [0.1, 0.15) is 6.54 Å². The van der Waals surface area contributed by atoms with Gasteiger partial charge in [0.2, 0.25) is 0 Å². The molecule has 0 spiro atoms. The highest BCUT2D eigenvalue weighted by atomic mass is 16.1. The van der Waals surface area contributed by atoms with Gasteiger partial charge in [-0.25, -0.2) is 4.68 Å². The summed E-state index contributed by atoms with van der Waals surface area (Å²) in [4.78, 5) is 11.2. The smallest absolute Gasteiger partial charge is 0.269 e. The second kappa shape index (κ2) is 3.58. The van der Waals surface area contributed by atoms with E-state index in [0.717, 1.165) is 0 Å². The van der Waals surface area contributed by atoms with Gasteiger partial charge in [-0.3, -0.25) is 4.79 Å². The lowest BCUT2D eigenvalue weighted by molar-refractivity contribution is 0.664. The molecule has 0 saturated carbocycles. The predicted molar refractivity (Wildman–Crippen MR) is 46.9 cm³/mol. The van der Waals surface area contributed by atoms with Gasteiger partial charge >= 0.3 is 0 Å². The summed E-state index contributed by atoms with van der Waals surface area (Å²) in [7, 11) is 1.72. The van der Waals surface area contributed by atoms with Crippen molar-refractivity contribution in [1.29, 1.82) is 0 Å². The first-order valence-corrected chi connectivity index (χ1v) is 3.46. The monoisotopic (exact) mass is 163 g/mol. The minimum atomic E-state index is -0.195. The summed E-state index contributed by atoms with van der Waals surface area (Å²) < 4.78 is 1.22. The van der Waals surface area contributed by atoms with Crippen molar-refractivity contribution in [2.75, 3.05) is 12.4 Å². The first-order chi connectivity index (χ1) is 5.77. The van der Waals surface area contributed by atoms with Gasteiger partial charge < -0.3 is 5.32 Å². The Balaban J connectivity index is 3.06. The molecule has 0 radical (unpaired) electrons. The van der Waals surface area contributed by atoms with Crippen LogP contribution in [0, 0.1) is 12.3 Å². The molecule has 0 saturated heterocycles. The van der Waals surface area contributed by atoms with Crippen LogP contribution in [0.4, 0.5) is 5.69 Å². The van der Waals surface area contributed by atoms with Crippen LogP contribution in [0.5, 0.6) is 0 Å². The van der Waals surface area contributed by atoms with Gasteiger partial charge in [-0.1, -0.05) is 5.92 Å². The maximum Gasteiger partial charge on any atom is 0.269 e. The molecule has 1 rings (SSSR count). The summed E-state index contributed by atoms with van der Waals surface area (Å²) in [6.07, 6.45) is 6.59. The molecule has 1 aromatic heterocycles. The van der Waals surface area contributed by atoms with Crippen LogP contribution in [0.2, 0.25) is 0 Å². The molecule has 0 amide bonds. The van der Waals surface area contributed by atoms with Crippen molar-refractivity contribution in [3.63, 3.8) is 0 Å². The lowest BCUT2D eigenvalue weighted by Gasteiger charge is -2.00. The summed E-state index contributed by atoms with van der Waals surface area (Å²) in [6, 6.07) is 1.45. The quantitative estimate of drug-likeness (QED) is 0.620. The van der Waals surface area contributed by atoms with Gasteiger partial charge in [0.15, 0.2) is 0 Å². The Labute approximate surface area is 70.2 Å². The average molecular weight is 163 g/mol. The van der Waals surface area contributed by atoms with E-state index in [1.54, 1.807) is 13.2 Å². The Kier molecular flexibility index (Phi) is 2.49. The van der Waals surface area contributed by atoms with Gasteiger partial charge in [0.05, 0.1) is 11.9 Å². The van der Waals surface area contributed by atoms with E-state index in [9.17, 15) is 4.79 Å². The van der Waals surface area contributed by atoms with Gasteiger partial charge in [-0.15, -0.1) is 6.42 Å². The molecule has 0 aliphatic carbocycles. The fourth-order valence-corrected chi connectivity index (χ4v) is 0.776. The molecule has 0 aromatic carbocycles. The molecule has 0 bridgehead atoms. The first-order valence-electron chi connectivity index (χ1n) is 3.46. The maximum absolute atomic E-state index is 11.2. The highest BCUT2D eigenvalue weighted by Crippen LogP contribution is 1.95. The molecule has 4 nitrogen and oxygen atoms in total. The summed E-state index contributed by atoms with van der Waals surface area (Å²) >= 11 is 0. The SMILES string of the molecule is C#CCn1ncc(NC)cc1=O. The number of rotatable bonds is 2. The molecule has 0 aliphatic rings. The van der Waals surface area contributed by atoms with Crippen LogP contribution < -0.4 is 10.9 Å². The number of hydrogen-bond acceptors (Lipinski definition) is 3. The van der Waals surface area contributed by atoms with E-state index in [1.807, 2.05) is 0 Å². The van der Waals surface area contributed by atoms with E-state index < -0.39 is 0 Å². The lowest BCUT2D eigenvalue weighted by atomic mass is 10.5. The number of anilines is 1. The van der Waals surface area contributed by atoms with Crippen molar-refractivity contribution in [3.05, 3.63) is 22.6 Å². The number of nitrogens with zero attached hydrogens (tertiary/aromatic N) is 2. The summed E-state index contributed by atoms with van der Waals surface area (Å²) in [5, 5.41) is 6.65. The zero-order valence-corrected chi connectivity index (χ0v) is 6.74. The van der Waals surface area contributed by atoms with Crippen molar-refractivity contribution < 1.29 is 0 Å². The molecule has 62 valence electrons. The lowest BCUT2D eigenvalue weighted by Crippen LogP contribution is -2.21. The third-order valence-corrected chi connectivity index (χ3v) is 1.40. The predicted octanol–water partition coefficient (Wildman–Crippen LogP) is -0.0818. The Morgan fingerprint density at radius 1 is 1.83 bits per heavy atom. The molecule has 0 atom stereocenters. The molecule has 1 heterocycles. The first kappa shape index (κ1) is 8.34. The molecule has 4 heteroatoms. The molecular formula is C8H9N3O. The minimum Gasteiger partial charge on any atom is -0.387 e. The van der Waals surface area contributed by atoms with E-state index in [1.165, 1.54) is 10.7 Å². The normalized spacial score (nSPS) is 9.00. The van der Waals surface area contributed by atoms with E-state index in [0.29, 0.717) is 5.69 Å². The van der Waals surface area contributed by atoms with Crippen LogP contribution in [0.15, 0.2) is 17.1 Å². The topological polar surface area (TPSA) is 46.9 Å². The van der Waals surface area contributed by atoms with Crippen LogP contribution in [0.3, 0.4) is 0 Å². The second-order valence-corrected chi connectivity index (χ2v) is 2.19.